The molecule has 1 saturated carbocycles. The van der Waals surface area contributed by atoms with Gasteiger partial charge in [-0.15, -0.1) is 0 Å². The SMILES string of the molecule is CC(C)N1C(=O)N(c2ccc(NS(=O)(=O)Cc3ccc(F)cc3)c(F)c2)Cc2cnc(N[C@@H]3CC[C@H](N(C)C)[C@@H](F)C3)nc21. The average Bonchev–Trinajstić information content (AvgIpc) is 2.94. The lowest BCUT2D eigenvalue weighted by molar-refractivity contribution is 0.109. The molecule has 0 radical (unpaired) electrons. The zero-order valence-electron chi connectivity index (χ0n) is 25.0. The molecule has 2 N–H and O–H groups in total. The molecule has 3 aromatic rings. The molecule has 1 fully saturated rings. The number of carbonyl (C=O) groups excluding carboxylic acids is 1. The first-order valence-electron chi connectivity index (χ1n) is 14.4. The van der Waals surface area contributed by atoms with Gasteiger partial charge in [0.05, 0.1) is 18.0 Å². The summed E-state index contributed by atoms with van der Waals surface area (Å²) in [5.41, 5.74) is 0.911. The Labute approximate surface area is 255 Å². The number of sulfonamides is 1. The minimum absolute atomic E-state index is 0.0627. The van der Waals surface area contributed by atoms with Gasteiger partial charge in [0.1, 0.15) is 23.6 Å². The van der Waals surface area contributed by atoms with E-state index in [2.05, 4.69) is 20.0 Å². The highest BCUT2D eigenvalue weighted by molar-refractivity contribution is 7.91. The van der Waals surface area contributed by atoms with Crippen molar-refractivity contribution >= 4 is 39.2 Å². The molecule has 3 atom stereocenters. The highest BCUT2D eigenvalue weighted by atomic mass is 32.2. The third-order valence-corrected chi connectivity index (χ3v) is 9.13. The van der Waals surface area contributed by atoms with E-state index in [1.807, 2.05) is 32.8 Å². The Balaban J connectivity index is 1.32. The summed E-state index contributed by atoms with van der Waals surface area (Å²) in [5.74, 6) is -1.11. The van der Waals surface area contributed by atoms with Crippen molar-refractivity contribution in [1.29, 1.82) is 0 Å². The molecule has 0 spiro atoms. The number of urea groups is 1. The van der Waals surface area contributed by atoms with E-state index in [9.17, 15) is 22.0 Å². The molecule has 0 saturated heterocycles. The third-order valence-electron chi connectivity index (χ3n) is 7.89. The first-order chi connectivity index (χ1) is 20.8. The molecule has 1 aliphatic carbocycles. The van der Waals surface area contributed by atoms with Crippen LogP contribution in [0.15, 0.2) is 48.7 Å². The molecule has 5 rings (SSSR count). The first kappa shape index (κ1) is 31.5. The van der Waals surface area contributed by atoms with Crippen LogP contribution in [0.4, 0.5) is 41.1 Å². The summed E-state index contributed by atoms with van der Waals surface area (Å²) in [6, 6.07) is 7.76. The van der Waals surface area contributed by atoms with Crippen LogP contribution in [0.2, 0.25) is 0 Å². The highest BCUT2D eigenvalue weighted by Gasteiger charge is 2.36. The van der Waals surface area contributed by atoms with Gasteiger partial charge in [-0.25, -0.2) is 31.4 Å². The Kier molecular flexibility index (Phi) is 9.02. The molecule has 2 heterocycles. The van der Waals surface area contributed by atoms with Crippen LogP contribution in [0.25, 0.3) is 0 Å². The van der Waals surface area contributed by atoms with Gasteiger partial charge in [0.15, 0.2) is 0 Å². The van der Waals surface area contributed by atoms with Crippen LogP contribution in [0, 0.1) is 11.6 Å². The highest BCUT2D eigenvalue weighted by Crippen LogP contribution is 2.34. The predicted molar refractivity (Wildman–Crippen MR) is 164 cm³/mol. The van der Waals surface area contributed by atoms with Gasteiger partial charge in [0, 0.05) is 42.0 Å². The number of aromatic nitrogens is 2. The Morgan fingerprint density at radius 2 is 1.82 bits per heavy atom. The second-order valence-electron chi connectivity index (χ2n) is 11.7. The van der Waals surface area contributed by atoms with Crippen LogP contribution in [0.3, 0.4) is 0 Å². The summed E-state index contributed by atoms with van der Waals surface area (Å²) in [6.45, 7) is 3.72. The maximum absolute atomic E-state index is 15.2. The number of hydrogen-bond acceptors (Lipinski definition) is 7. The fourth-order valence-electron chi connectivity index (χ4n) is 5.67. The van der Waals surface area contributed by atoms with Crippen LogP contribution >= 0.6 is 0 Å². The molecule has 2 amide bonds. The van der Waals surface area contributed by atoms with E-state index in [1.54, 1.807) is 6.20 Å². The van der Waals surface area contributed by atoms with Gasteiger partial charge in [0.2, 0.25) is 16.0 Å². The number of halogens is 3. The van der Waals surface area contributed by atoms with E-state index >= 15 is 4.39 Å². The minimum atomic E-state index is -4.00. The lowest BCUT2D eigenvalue weighted by atomic mass is 9.89. The van der Waals surface area contributed by atoms with Gasteiger partial charge in [-0.3, -0.25) is 14.5 Å². The largest absolute Gasteiger partial charge is 0.351 e. The normalized spacial score (nSPS) is 20.7. The standard InChI is InChI=1S/C30H36F3N7O3S/c1-18(2)40-28-20(15-34-29(36-28)35-22-9-12-27(38(3)4)25(33)13-22)16-39(30(40)41)23-10-11-26(24(32)14-23)37-44(42,43)17-19-5-7-21(31)8-6-19/h5-8,10-11,14-15,18,22,25,27,37H,9,12-13,16-17H2,1-4H3,(H,34,35,36)/t22-,25+,27+/m1/s1. The molecule has 14 heteroatoms. The van der Waals surface area contributed by atoms with Gasteiger partial charge in [0.25, 0.3) is 0 Å². The lowest BCUT2D eigenvalue weighted by Gasteiger charge is -2.38. The summed E-state index contributed by atoms with van der Waals surface area (Å²) in [7, 11) is -0.252. The number of benzene rings is 2. The zero-order chi connectivity index (χ0) is 31.8. The summed E-state index contributed by atoms with van der Waals surface area (Å²) in [5, 5.41) is 3.23. The summed E-state index contributed by atoms with van der Waals surface area (Å²) in [4.78, 5) is 27.5. The van der Waals surface area contributed by atoms with Crippen LogP contribution in [-0.4, -0.2) is 67.7 Å². The van der Waals surface area contributed by atoms with Crippen molar-refractivity contribution in [2.75, 3.05) is 33.9 Å². The van der Waals surface area contributed by atoms with Crippen molar-refractivity contribution in [3.05, 3.63) is 71.4 Å². The lowest BCUT2D eigenvalue weighted by Crippen LogP contribution is -2.51. The Morgan fingerprint density at radius 3 is 2.45 bits per heavy atom. The monoisotopic (exact) mass is 631 g/mol. The van der Waals surface area contributed by atoms with E-state index in [-0.39, 0.29) is 36.0 Å². The van der Waals surface area contributed by atoms with Crippen LogP contribution in [-0.2, 0) is 22.3 Å². The molecule has 10 nitrogen and oxygen atoms in total. The fraction of sp³-hybridized carbons (Fsp3) is 0.433. The molecular weight excluding hydrogens is 595 g/mol. The molecule has 0 unspecified atom stereocenters. The number of nitrogens with one attached hydrogen (secondary N) is 2. The average molecular weight is 632 g/mol. The number of rotatable bonds is 9. The molecule has 0 bridgehead atoms. The minimum Gasteiger partial charge on any atom is -0.351 e. The van der Waals surface area contributed by atoms with Gasteiger partial charge >= 0.3 is 6.03 Å². The second-order valence-corrected chi connectivity index (χ2v) is 13.5. The smallest absolute Gasteiger partial charge is 0.330 e. The van der Waals surface area contributed by atoms with Crippen LogP contribution in [0.5, 0.6) is 0 Å². The zero-order valence-corrected chi connectivity index (χ0v) is 25.8. The van der Waals surface area contributed by atoms with E-state index < -0.39 is 39.6 Å². The number of hydrogen-bond donors (Lipinski definition) is 2. The van der Waals surface area contributed by atoms with E-state index in [0.717, 1.165) is 24.6 Å². The van der Waals surface area contributed by atoms with Gasteiger partial charge in [-0.05, 0) is 76.7 Å². The quantitative estimate of drug-likeness (QED) is 0.331. The third kappa shape index (κ3) is 6.91. The van der Waals surface area contributed by atoms with Crippen molar-refractivity contribution in [2.45, 2.75) is 69.7 Å². The van der Waals surface area contributed by atoms with Crippen molar-refractivity contribution in [2.24, 2.45) is 0 Å². The van der Waals surface area contributed by atoms with Crippen molar-refractivity contribution in [3.63, 3.8) is 0 Å². The number of amides is 2. The predicted octanol–water partition coefficient (Wildman–Crippen LogP) is 5.28. The Bertz CT molecular complexity index is 1620. The molecule has 2 aliphatic rings. The Hall–Kier alpha value is -3.91. The maximum atomic E-state index is 15.2. The van der Waals surface area contributed by atoms with E-state index in [0.29, 0.717) is 35.7 Å². The van der Waals surface area contributed by atoms with E-state index in [4.69, 9.17) is 0 Å². The maximum Gasteiger partial charge on any atom is 0.330 e. The number of fused-ring (bicyclic) bond motifs is 1. The summed E-state index contributed by atoms with van der Waals surface area (Å²) >= 11 is 0. The summed E-state index contributed by atoms with van der Waals surface area (Å²) < 4.78 is 70.6. The molecule has 1 aromatic heterocycles. The summed E-state index contributed by atoms with van der Waals surface area (Å²) in [6.07, 6.45) is 2.41. The topological polar surface area (TPSA) is 111 Å². The van der Waals surface area contributed by atoms with E-state index in [1.165, 1.54) is 34.1 Å². The van der Waals surface area contributed by atoms with Crippen molar-refractivity contribution in [3.8, 4) is 0 Å². The van der Waals surface area contributed by atoms with Crippen molar-refractivity contribution < 1.29 is 26.4 Å². The van der Waals surface area contributed by atoms with Crippen LogP contribution in [0.1, 0.15) is 44.2 Å². The van der Waals surface area contributed by atoms with Crippen LogP contribution < -0.4 is 19.8 Å². The second kappa shape index (κ2) is 12.6. The number of anilines is 4. The molecule has 236 valence electrons. The van der Waals surface area contributed by atoms with Gasteiger partial charge < -0.3 is 10.2 Å². The van der Waals surface area contributed by atoms with Gasteiger partial charge in [-0.1, -0.05) is 12.1 Å². The molecule has 1 aliphatic heterocycles. The van der Waals surface area contributed by atoms with Crippen molar-refractivity contribution in [1.82, 2.24) is 14.9 Å². The molecule has 2 aromatic carbocycles. The number of alkyl halides is 1. The number of nitrogens with zero attached hydrogens (tertiary/aromatic N) is 5. The first-order valence-corrected chi connectivity index (χ1v) is 16.0. The fourth-order valence-corrected chi connectivity index (χ4v) is 6.87. The van der Waals surface area contributed by atoms with Gasteiger partial charge in [-0.2, -0.15) is 4.98 Å². The Morgan fingerprint density at radius 1 is 1.09 bits per heavy atom. The molecular formula is C30H36F3N7O3S. The molecule has 44 heavy (non-hydrogen) atoms. The number of carbonyl (C=O) groups is 1.